The second-order valence-electron chi connectivity index (χ2n) is 6.39. The van der Waals surface area contributed by atoms with E-state index in [0.29, 0.717) is 37.2 Å². The largest absolute Gasteiger partial charge is 0.493 e. The summed E-state index contributed by atoms with van der Waals surface area (Å²) in [6.07, 6.45) is 0.879. The molecule has 3 rings (SSSR count). The van der Waals surface area contributed by atoms with Gasteiger partial charge >= 0.3 is 0 Å². The van der Waals surface area contributed by atoms with Gasteiger partial charge in [-0.25, -0.2) is 4.99 Å². The summed E-state index contributed by atoms with van der Waals surface area (Å²) >= 11 is 0. The quantitative estimate of drug-likeness (QED) is 0.448. The monoisotopic (exact) mass is 385 g/mol. The van der Waals surface area contributed by atoms with Gasteiger partial charge in [0.15, 0.2) is 29.0 Å². The number of aliphatic imine (C=N–C) groups is 1. The third-order valence-electron chi connectivity index (χ3n) is 4.73. The molecule has 2 aromatic carbocycles. The Kier molecular flexibility index (Phi) is 6.47. The van der Waals surface area contributed by atoms with E-state index in [1.807, 2.05) is 36.4 Å². The van der Waals surface area contributed by atoms with Gasteiger partial charge in [0.2, 0.25) is 0 Å². The van der Waals surface area contributed by atoms with Crippen molar-refractivity contribution >= 4 is 5.96 Å². The highest BCUT2D eigenvalue weighted by molar-refractivity contribution is 5.78. The van der Waals surface area contributed by atoms with Crippen LogP contribution in [0.4, 0.5) is 0 Å². The van der Waals surface area contributed by atoms with E-state index >= 15 is 0 Å². The minimum absolute atomic E-state index is 0.427. The normalized spacial score (nSPS) is 13.7. The van der Waals surface area contributed by atoms with E-state index in [9.17, 15) is 0 Å². The second-order valence-corrected chi connectivity index (χ2v) is 6.39. The van der Waals surface area contributed by atoms with Crippen molar-refractivity contribution in [3.8, 4) is 23.0 Å². The number of benzene rings is 2. The minimum atomic E-state index is 0.427. The molecular formula is C21H27N3O4. The highest BCUT2D eigenvalue weighted by Crippen LogP contribution is 2.33. The van der Waals surface area contributed by atoms with Crippen LogP contribution < -0.4 is 24.7 Å². The van der Waals surface area contributed by atoms with Gasteiger partial charge in [0.1, 0.15) is 6.61 Å². The minimum Gasteiger partial charge on any atom is -0.493 e. The molecule has 0 saturated heterocycles. The van der Waals surface area contributed by atoms with Crippen LogP contribution in [-0.2, 0) is 13.0 Å². The van der Waals surface area contributed by atoms with E-state index in [1.54, 1.807) is 21.3 Å². The van der Waals surface area contributed by atoms with Crippen LogP contribution in [0, 0.1) is 0 Å². The van der Waals surface area contributed by atoms with Crippen LogP contribution in [-0.4, -0.2) is 51.9 Å². The smallest absolute Gasteiger partial charge is 0.191 e. The van der Waals surface area contributed by atoms with E-state index in [-0.39, 0.29) is 0 Å². The van der Waals surface area contributed by atoms with Crippen LogP contribution in [0.2, 0.25) is 0 Å². The molecule has 0 aromatic heterocycles. The van der Waals surface area contributed by atoms with Crippen molar-refractivity contribution in [2.75, 3.05) is 41.0 Å². The Morgan fingerprint density at radius 1 is 0.964 bits per heavy atom. The van der Waals surface area contributed by atoms with Gasteiger partial charge in [-0.2, -0.15) is 0 Å². The summed E-state index contributed by atoms with van der Waals surface area (Å²) in [5.41, 5.74) is 8.63. The Bertz CT molecular complexity index is 838. The fourth-order valence-corrected chi connectivity index (χ4v) is 3.23. The van der Waals surface area contributed by atoms with Gasteiger partial charge in [-0.1, -0.05) is 12.1 Å². The standard InChI is InChI=1S/C21H27N3O4/c1-25-17-6-4-5-7-18(17)28-11-9-23-21(22)24-10-8-15-12-19(26-2)20(27-3)13-16(15)14-24/h4-7,12-13H,8-11,14H2,1-3H3,(H2,22,23). The maximum Gasteiger partial charge on any atom is 0.191 e. The number of guanidine groups is 1. The van der Waals surface area contributed by atoms with Crippen molar-refractivity contribution < 1.29 is 18.9 Å². The maximum absolute atomic E-state index is 6.21. The molecule has 7 heteroatoms. The van der Waals surface area contributed by atoms with E-state index in [2.05, 4.69) is 9.89 Å². The number of hydrogen-bond acceptors (Lipinski definition) is 5. The lowest BCUT2D eigenvalue weighted by molar-refractivity contribution is 0.301. The van der Waals surface area contributed by atoms with Crippen molar-refractivity contribution in [2.45, 2.75) is 13.0 Å². The summed E-state index contributed by atoms with van der Waals surface area (Å²) in [6, 6.07) is 11.6. The zero-order valence-corrected chi connectivity index (χ0v) is 16.6. The van der Waals surface area contributed by atoms with Gasteiger partial charge in [0.25, 0.3) is 0 Å². The molecule has 0 fully saturated rings. The zero-order valence-electron chi connectivity index (χ0n) is 16.6. The number of methoxy groups -OCH3 is 3. The van der Waals surface area contributed by atoms with Crippen LogP contribution >= 0.6 is 0 Å². The molecule has 1 aliphatic heterocycles. The van der Waals surface area contributed by atoms with Gasteiger partial charge in [-0.3, -0.25) is 0 Å². The number of hydrogen-bond donors (Lipinski definition) is 1. The highest BCUT2D eigenvalue weighted by atomic mass is 16.5. The molecular weight excluding hydrogens is 358 g/mol. The maximum atomic E-state index is 6.21. The first-order valence-corrected chi connectivity index (χ1v) is 9.20. The Hall–Kier alpha value is -3.09. The van der Waals surface area contributed by atoms with Gasteiger partial charge < -0.3 is 29.6 Å². The van der Waals surface area contributed by atoms with Gasteiger partial charge in [-0.15, -0.1) is 0 Å². The predicted molar refractivity (Wildman–Crippen MR) is 109 cm³/mol. The van der Waals surface area contributed by atoms with E-state index < -0.39 is 0 Å². The third kappa shape index (κ3) is 4.42. The van der Waals surface area contributed by atoms with Gasteiger partial charge in [0.05, 0.1) is 27.9 Å². The molecule has 28 heavy (non-hydrogen) atoms. The third-order valence-corrected chi connectivity index (χ3v) is 4.73. The van der Waals surface area contributed by atoms with Crippen molar-refractivity contribution in [1.29, 1.82) is 0 Å². The molecule has 7 nitrogen and oxygen atoms in total. The number of ether oxygens (including phenoxy) is 4. The van der Waals surface area contributed by atoms with Crippen molar-refractivity contribution in [2.24, 2.45) is 10.7 Å². The summed E-state index contributed by atoms with van der Waals surface area (Å²) < 4.78 is 21.8. The number of para-hydroxylation sites is 2. The van der Waals surface area contributed by atoms with Crippen LogP contribution in [0.15, 0.2) is 41.4 Å². The van der Waals surface area contributed by atoms with Crippen LogP contribution in [0.1, 0.15) is 11.1 Å². The Morgan fingerprint density at radius 2 is 1.61 bits per heavy atom. The SMILES string of the molecule is COc1cc2c(cc1OC)CN(C(N)=NCCOc1ccccc1OC)CC2. The lowest BCUT2D eigenvalue weighted by Gasteiger charge is -2.30. The molecule has 0 aliphatic carbocycles. The van der Waals surface area contributed by atoms with Crippen LogP contribution in [0.5, 0.6) is 23.0 Å². The molecule has 0 spiro atoms. The zero-order chi connectivity index (χ0) is 19.9. The summed E-state index contributed by atoms with van der Waals surface area (Å²) in [5.74, 6) is 3.40. The Labute approximate surface area is 165 Å². The molecule has 2 aromatic rings. The number of nitrogens with zero attached hydrogens (tertiary/aromatic N) is 2. The summed E-state index contributed by atoms with van der Waals surface area (Å²) in [4.78, 5) is 6.53. The van der Waals surface area contributed by atoms with Crippen molar-refractivity contribution in [3.63, 3.8) is 0 Å². The van der Waals surface area contributed by atoms with E-state index in [0.717, 1.165) is 24.5 Å². The summed E-state index contributed by atoms with van der Waals surface area (Å²) in [6.45, 7) is 2.40. The molecule has 1 aliphatic rings. The first kappa shape index (κ1) is 19.7. The first-order chi connectivity index (χ1) is 13.7. The Balaban J connectivity index is 1.58. The van der Waals surface area contributed by atoms with Gasteiger partial charge in [0, 0.05) is 13.1 Å². The van der Waals surface area contributed by atoms with Crippen LogP contribution in [0.25, 0.3) is 0 Å². The molecule has 0 bridgehead atoms. The molecule has 0 atom stereocenters. The number of fused-ring (bicyclic) bond motifs is 1. The fourth-order valence-electron chi connectivity index (χ4n) is 3.23. The van der Waals surface area contributed by atoms with Crippen LogP contribution in [0.3, 0.4) is 0 Å². The molecule has 1 heterocycles. The lowest BCUT2D eigenvalue weighted by atomic mass is 9.99. The topological polar surface area (TPSA) is 78.5 Å². The van der Waals surface area contributed by atoms with Crippen molar-refractivity contribution in [1.82, 2.24) is 4.90 Å². The predicted octanol–water partition coefficient (Wildman–Crippen LogP) is 2.46. The summed E-state index contributed by atoms with van der Waals surface area (Å²) in [7, 11) is 4.91. The molecule has 2 N–H and O–H groups in total. The fraction of sp³-hybridized carbons (Fsp3) is 0.381. The average molecular weight is 385 g/mol. The van der Waals surface area contributed by atoms with Crippen molar-refractivity contribution in [3.05, 3.63) is 47.5 Å². The average Bonchev–Trinajstić information content (AvgIpc) is 2.75. The molecule has 0 unspecified atom stereocenters. The summed E-state index contributed by atoms with van der Waals surface area (Å²) in [5, 5.41) is 0. The number of nitrogens with two attached hydrogens (primary N) is 1. The van der Waals surface area contributed by atoms with Gasteiger partial charge in [-0.05, 0) is 41.8 Å². The first-order valence-electron chi connectivity index (χ1n) is 9.20. The molecule has 0 saturated carbocycles. The molecule has 0 amide bonds. The number of rotatable bonds is 7. The van der Waals surface area contributed by atoms with E-state index in [4.69, 9.17) is 24.7 Å². The molecule has 0 radical (unpaired) electrons. The highest BCUT2D eigenvalue weighted by Gasteiger charge is 2.20. The Morgan fingerprint density at radius 3 is 2.29 bits per heavy atom. The second kappa shape index (κ2) is 9.21. The lowest BCUT2D eigenvalue weighted by Crippen LogP contribution is -2.41. The van der Waals surface area contributed by atoms with E-state index in [1.165, 1.54) is 11.1 Å². The molecule has 150 valence electrons.